The number of hydrogen-bond acceptors (Lipinski definition) is 2. The largest absolute Gasteiger partial charge is 0.393 e. The van der Waals surface area contributed by atoms with Crippen LogP contribution in [0.25, 0.3) is 0 Å². The second kappa shape index (κ2) is 4.15. The summed E-state index contributed by atoms with van der Waals surface area (Å²) in [5.41, 5.74) is 1.16. The van der Waals surface area contributed by atoms with Gasteiger partial charge in [-0.2, -0.15) is 0 Å². The van der Waals surface area contributed by atoms with Crippen LogP contribution in [-0.2, 0) is 4.79 Å². The highest BCUT2D eigenvalue weighted by atomic mass is 16.3. The summed E-state index contributed by atoms with van der Waals surface area (Å²) in [4.78, 5) is 11.6. The van der Waals surface area contributed by atoms with Crippen molar-refractivity contribution in [2.24, 2.45) is 5.92 Å². The zero-order chi connectivity index (χ0) is 10.8. The van der Waals surface area contributed by atoms with Gasteiger partial charge in [0.15, 0.2) is 0 Å². The molecule has 1 aromatic rings. The van der Waals surface area contributed by atoms with E-state index in [9.17, 15) is 9.90 Å². The van der Waals surface area contributed by atoms with Crippen LogP contribution >= 0.6 is 0 Å². The van der Waals surface area contributed by atoms with Crippen LogP contribution in [0, 0.1) is 5.92 Å². The third kappa shape index (κ3) is 2.10. The predicted octanol–water partition coefficient (Wildman–Crippen LogP) is 2.13. The van der Waals surface area contributed by atoms with Crippen LogP contribution in [0.15, 0.2) is 30.3 Å². The van der Waals surface area contributed by atoms with Crippen molar-refractivity contribution >= 4 is 5.78 Å². The number of ketones is 1. The van der Waals surface area contributed by atoms with Gasteiger partial charge in [-0.05, 0) is 17.9 Å². The quantitative estimate of drug-likeness (QED) is 0.761. The Hall–Kier alpha value is -1.15. The molecule has 0 heterocycles. The van der Waals surface area contributed by atoms with Crippen LogP contribution in [0.3, 0.4) is 0 Å². The number of rotatable bonds is 1. The number of aliphatic hydroxyl groups excluding tert-OH is 1. The molecule has 2 rings (SSSR count). The van der Waals surface area contributed by atoms with E-state index < -0.39 is 6.10 Å². The first-order valence-corrected chi connectivity index (χ1v) is 5.44. The molecule has 80 valence electrons. The molecule has 0 saturated heterocycles. The van der Waals surface area contributed by atoms with Gasteiger partial charge in [-0.15, -0.1) is 0 Å². The fourth-order valence-electron chi connectivity index (χ4n) is 2.35. The Kier molecular flexibility index (Phi) is 2.87. The van der Waals surface area contributed by atoms with Crippen LogP contribution in [0.5, 0.6) is 0 Å². The average molecular weight is 204 g/mol. The van der Waals surface area contributed by atoms with Crippen molar-refractivity contribution in [3.05, 3.63) is 35.9 Å². The van der Waals surface area contributed by atoms with Crippen molar-refractivity contribution in [1.29, 1.82) is 0 Å². The Balaban J connectivity index is 2.24. The summed E-state index contributed by atoms with van der Waals surface area (Å²) in [6.45, 7) is 1.96. The first kappa shape index (κ1) is 10.4. The van der Waals surface area contributed by atoms with Gasteiger partial charge in [0.25, 0.3) is 0 Å². The SMILES string of the molecule is C[C@H]1C(=O)C[C@H](O)C[C@@H]1c1ccccc1. The first-order chi connectivity index (χ1) is 7.18. The van der Waals surface area contributed by atoms with Crippen molar-refractivity contribution in [3.63, 3.8) is 0 Å². The van der Waals surface area contributed by atoms with E-state index in [1.165, 1.54) is 0 Å². The molecule has 0 unspecified atom stereocenters. The molecular weight excluding hydrogens is 188 g/mol. The van der Waals surface area contributed by atoms with E-state index in [-0.39, 0.29) is 17.6 Å². The van der Waals surface area contributed by atoms with E-state index in [1.807, 2.05) is 37.3 Å². The van der Waals surface area contributed by atoms with Crippen molar-refractivity contribution in [2.45, 2.75) is 31.8 Å². The summed E-state index contributed by atoms with van der Waals surface area (Å²) in [5, 5.41) is 9.61. The second-order valence-corrected chi connectivity index (χ2v) is 4.37. The fourth-order valence-corrected chi connectivity index (χ4v) is 2.35. The summed E-state index contributed by atoms with van der Waals surface area (Å²) >= 11 is 0. The van der Waals surface area contributed by atoms with Gasteiger partial charge in [0, 0.05) is 12.3 Å². The maximum absolute atomic E-state index is 11.6. The number of hydrogen-bond donors (Lipinski definition) is 1. The second-order valence-electron chi connectivity index (χ2n) is 4.37. The van der Waals surface area contributed by atoms with Crippen molar-refractivity contribution in [3.8, 4) is 0 Å². The highest BCUT2D eigenvalue weighted by molar-refractivity contribution is 5.83. The lowest BCUT2D eigenvalue weighted by atomic mass is 9.74. The lowest BCUT2D eigenvalue weighted by molar-refractivity contribution is -0.128. The summed E-state index contributed by atoms with van der Waals surface area (Å²) in [6.07, 6.45) is 0.570. The smallest absolute Gasteiger partial charge is 0.138 e. The summed E-state index contributed by atoms with van der Waals surface area (Å²) in [5.74, 6) is 0.404. The highest BCUT2D eigenvalue weighted by Gasteiger charge is 2.33. The Morgan fingerprint density at radius 2 is 1.93 bits per heavy atom. The molecule has 0 radical (unpaired) electrons. The van der Waals surface area contributed by atoms with Gasteiger partial charge >= 0.3 is 0 Å². The van der Waals surface area contributed by atoms with Gasteiger partial charge in [0.1, 0.15) is 5.78 Å². The molecule has 2 nitrogen and oxygen atoms in total. The maximum Gasteiger partial charge on any atom is 0.138 e. The molecule has 1 aromatic carbocycles. The van der Waals surface area contributed by atoms with Crippen molar-refractivity contribution in [2.75, 3.05) is 0 Å². The molecule has 0 aliphatic heterocycles. The molecule has 3 atom stereocenters. The minimum absolute atomic E-state index is 0.0378. The Bertz CT molecular complexity index is 345. The number of benzene rings is 1. The molecule has 15 heavy (non-hydrogen) atoms. The average Bonchev–Trinajstić information content (AvgIpc) is 2.24. The highest BCUT2D eigenvalue weighted by Crippen LogP contribution is 2.35. The third-order valence-corrected chi connectivity index (χ3v) is 3.30. The third-order valence-electron chi connectivity index (χ3n) is 3.30. The number of Topliss-reactive ketones (excluding diaryl/α,β-unsaturated/α-hetero) is 1. The summed E-state index contributed by atoms with van der Waals surface area (Å²) in [6, 6.07) is 10.00. The van der Waals surface area contributed by atoms with Crippen LogP contribution in [0.4, 0.5) is 0 Å². The van der Waals surface area contributed by atoms with E-state index in [2.05, 4.69) is 0 Å². The standard InChI is InChI=1S/C13H16O2/c1-9-12(7-11(14)8-13(9)15)10-5-3-2-4-6-10/h2-6,9,11-12,14H,7-8H2,1H3/t9-,11-,12+/m1/s1. The van der Waals surface area contributed by atoms with Gasteiger partial charge in [-0.3, -0.25) is 4.79 Å². The molecule has 0 amide bonds. The molecule has 1 aliphatic rings. The Morgan fingerprint density at radius 1 is 1.27 bits per heavy atom. The van der Waals surface area contributed by atoms with Crippen LogP contribution < -0.4 is 0 Å². The van der Waals surface area contributed by atoms with E-state index in [0.29, 0.717) is 12.8 Å². The Morgan fingerprint density at radius 3 is 2.60 bits per heavy atom. The van der Waals surface area contributed by atoms with Gasteiger partial charge < -0.3 is 5.11 Å². The van der Waals surface area contributed by atoms with Crippen LogP contribution in [0.2, 0.25) is 0 Å². The van der Waals surface area contributed by atoms with Gasteiger partial charge in [-0.25, -0.2) is 0 Å². The number of carbonyl (C=O) groups is 1. The molecule has 2 heteroatoms. The van der Waals surface area contributed by atoms with E-state index >= 15 is 0 Å². The van der Waals surface area contributed by atoms with Gasteiger partial charge in [0.05, 0.1) is 6.10 Å². The molecular formula is C13H16O2. The first-order valence-electron chi connectivity index (χ1n) is 5.44. The van der Waals surface area contributed by atoms with Crippen LogP contribution in [-0.4, -0.2) is 17.0 Å². The minimum Gasteiger partial charge on any atom is -0.393 e. The summed E-state index contributed by atoms with van der Waals surface area (Å²) < 4.78 is 0. The normalized spacial score (nSPS) is 31.6. The predicted molar refractivity (Wildman–Crippen MR) is 58.6 cm³/mol. The molecule has 1 saturated carbocycles. The van der Waals surface area contributed by atoms with E-state index in [0.717, 1.165) is 5.56 Å². The maximum atomic E-state index is 11.6. The zero-order valence-corrected chi connectivity index (χ0v) is 8.89. The van der Waals surface area contributed by atoms with Crippen LogP contribution in [0.1, 0.15) is 31.2 Å². The monoisotopic (exact) mass is 204 g/mol. The molecule has 1 aliphatic carbocycles. The summed E-state index contributed by atoms with van der Waals surface area (Å²) in [7, 11) is 0. The lowest BCUT2D eigenvalue weighted by Crippen LogP contribution is -2.32. The minimum atomic E-state index is -0.459. The molecule has 0 aromatic heterocycles. The van der Waals surface area contributed by atoms with E-state index in [4.69, 9.17) is 0 Å². The molecule has 0 bridgehead atoms. The van der Waals surface area contributed by atoms with Crippen molar-refractivity contribution < 1.29 is 9.90 Å². The van der Waals surface area contributed by atoms with Gasteiger partial charge in [0.2, 0.25) is 0 Å². The topological polar surface area (TPSA) is 37.3 Å². The fraction of sp³-hybridized carbons (Fsp3) is 0.462. The van der Waals surface area contributed by atoms with Gasteiger partial charge in [-0.1, -0.05) is 37.3 Å². The zero-order valence-electron chi connectivity index (χ0n) is 8.89. The number of carbonyl (C=O) groups excluding carboxylic acids is 1. The number of aliphatic hydroxyl groups is 1. The molecule has 1 N–H and O–H groups in total. The molecule has 0 spiro atoms. The lowest BCUT2D eigenvalue weighted by Gasteiger charge is -2.31. The molecule has 1 fully saturated rings. The van der Waals surface area contributed by atoms with Crippen molar-refractivity contribution in [1.82, 2.24) is 0 Å². The Labute approximate surface area is 89.9 Å². The van der Waals surface area contributed by atoms with E-state index in [1.54, 1.807) is 0 Å².